The molecule has 0 spiro atoms. The summed E-state index contributed by atoms with van der Waals surface area (Å²) in [5.74, 6) is 0. The summed E-state index contributed by atoms with van der Waals surface area (Å²) in [6.45, 7) is 0. The van der Waals surface area contributed by atoms with Crippen molar-refractivity contribution in [2.24, 2.45) is 0 Å². The van der Waals surface area contributed by atoms with Crippen LogP contribution < -0.4 is 0 Å². The quantitative estimate of drug-likeness (QED) is 0.161. The van der Waals surface area contributed by atoms with Crippen molar-refractivity contribution >= 4 is 107 Å². The summed E-state index contributed by atoms with van der Waals surface area (Å²) >= 11 is 1.93. The summed E-state index contributed by atoms with van der Waals surface area (Å²) in [5.41, 5.74) is 6.15. The molecule has 0 atom stereocenters. The summed E-state index contributed by atoms with van der Waals surface area (Å²) in [5, 5.41) is 18.3. The maximum Gasteiger partial charge on any atom is 0.0726 e. The van der Waals surface area contributed by atoms with Gasteiger partial charge >= 0.3 is 0 Å². The first-order chi connectivity index (χ1) is 25.8. The molecule has 0 aliphatic rings. The van der Waals surface area contributed by atoms with Crippen molar-refractivity contribution in [1.82, 2.24) is 4.57 Å². The van der Waals surface area contributed by atoms with E-state index >= 15 is 0 Å². The van der Waals surface area contributed by atoms with E-state index < -0.39 is 0 Å². The van der Waals surface area contributed by atoms with Gasteiger partial charge in [-0.05, 0) is 84.5 Å². The Bertz CT molecular complexity index is 3470. The molecule has 2 heteroatoms. The minimum Gasteiger partial charge on any atom is -0.308 e. The number of benzene rings is 10. The second kappa shape index (κ2) is 10.5. The van der Waals surface area contributed by atoms with Crippen LogP contribution in [0.25, 0.3) is 113 Å². The first-order valence-corrected chi connectivity index (χ1v) is 18.8. The molecule has 0 aliphatic heterocycles. The summed E-state index contributed by atoms with van der Waals surface area (Å²) < 4.78 is 5.21. The molecule has 0 N–H and O–H groups in total. The molecule has 1 nitrogen and oxygen atoms in total. The molecule has 0 unspecified atom stereocenters. The van der Waals surface area contributed by atoms with Crippen LogP contribution in [0.15, 0.2) is 176 Å². The summed E-state index contributed by atoms with van der Waals surface area (Å²) in [7, 11) is 0. The van der Waals surface area contributed by atoms with Gasteiger partial charge < -0.3 is 4.57 Å². The van der Waals surface area contributed by atoms with Gasteiger partial charge in [-0.25, -0.2) is 0 Å². The Morgan fingerprint density at radius 1 is 0.365 bits per heavy atom. The van der Waals surface area contributed by atoms with Crippen LogP contribution in [0.4, 0.5) is 0 Å². The lowest BCUT2D eigenvalue weighted by Crippen LogP contribution is -1.95. The van der Waals surface area contributed by atoms with Crippen molar-refractivity contribution in [3.8, 4) is 16.8 Å². The van der Waals surface area contributed by atoms with E-state index in [0.717, 1.165) is 0 Å². The van der Waals surface area contributed by atoms with Crippen LogP contribution in [-0.2, 0) is 0 Å². The highest BCUT2D eigenvalue weighted by molar-refractivity contribution is 7.27. The van der Waals surface area contributed by atoms with Gasteiger partial charge in [-0.15, -0.1) is 11.3 Å². The van der Waals surface area contributed by atoms with Gasteiger partial charge in [-0.3, -0.25) is 0 Å². The van der Waals surface area contributed by atoms with E-state index in [9.17, 15) is 0 Å². The van der Waals surface area contributed by atoms with E-state index in [2.05, 4.69) is 180 Å². The van der Waals surface area contributed by atoms with E-state index in [1.807, 2.05) is 11.3 Å². The molecule has 52 heavy (non-hydrogen) atoms. The van der Waals surface area contributed by atoms with Gasteiger partial charge in [0, 0.05) is 42.7 Å². The molecule has 0 amide bonds. The van der Waals surface area contributed by atoms with E-state index in [1.54, 1.807) is 0 Å². The molecule has 10 aromatic carbocycles. The smallest absolute Gasteiger partial charge is 0.0726 e. The lowest BCUT2D eigenvalue weighted by atomic mass is 9.89. The number of rotatable bonds is 2. The van der Waals surface area contributed by atoms with Gasteiger partial charge in [0.2, 0.25) is 0 Å². The molecule has 0 radical (unpaired) electrons. The van der Waals surface area contributed by atoms with Crippen LogP contribution in [0, 0.1) is 0 Å². The second-order valence-corrected chi connectivity index (χ2v) is 15.0. The first-order valence-electron chi connectivity index (χ1n) is 17.9. The Hall–Kier alpha value is -6.48. The number of para-hydroxylation sites is 1. The number of nitrogens with zero attached hydrogens (tertiary/aromatic N) is 1. The number of aromatic nitrogens is 1. The predicted octanol–water partition coefficient (Wildman–Crippen LogP) is 14.6. The van der Waals surface area contributed by atoms with Gasteiger partial charge in [0.05, 0.1) is 15.7 Å². The number of hydrogen-bond donors (Lipinski definition) is 0. The number of hydrogen-bond acceptors (Lipinski definition) is 1. The fraction of sp³-hybridized carbons (Fsp3) is 0. The van der Waals surface area contributed by atoms with Crippen molar-refractivity contribution in [3.05, 3.63) is 176 Å². The van der Waals surface area contributed by atoms with Crippen LogP contribution in [0.5, 0.6) is 0 Å². The molecule has 0 bridgehead atoms. The minimum atomic E-state index is 1.17. The van der Waals surface area contributed by atoms with Gasteiger partial charge in [-0.1, -0.05) is 146 Å². The maximum atomic E-state index is 2.55. The standard InChI is InChI=1S/C50H29NS/c1-2-17-33-31(14-1)29-42(37-21-4-3-18-34(33)37)30-15-13-16-32(28-30)51-43-26-11-9-24-40(43)47-45-38-22-7-5-19-35(38)36-20-6-8-23-39(36)46(45)48-41-25-10-12-27-44(41)52-50(48)49(47)51/h1-29H. The molecular weight excluding hydrogens is 647 g/mol. The minimum absolute atomic E-state index is 1.17. The topological polar surface area (TPSA) is 4.93 Å². The summed E-state index contributed by atoms with van der Waals surface area (Å²) in [6, 6.07) is 65.2. The molecule has 12 rings (SSSR count). The molecule has 2 aromatic heterocycles. The van der Waals surface area contributed by atoms with Crippen molar-refractivity contribution in [1.29, 1.82) is 0 Å². The third-order valence-electron chi connectivity index (χ3n) is 11.3. The van der Waals surface area contributed by atoms with Crippen LogP contribution in [-0.4, -0.2) is 4.57 Å². The highest BCUT2D eigenvalue weighted by Crippen LogP contribution is 2.52. The molecule has 0 saturated heterocycles. The Morgan fingerprint density at radius 3 is 1.67 bits per heavy atom. The normalized spacial score (nSPS) is 12.2. The Balaban J connectivity index is 1.29. The van der Waals surface area contributed by atoms with E-state index in [-0.39, 0.29) is 0 Å². The number of thiophene rings is 1. The molecule has 12 aromatic rings. The van der Waals surface area contributed by atoms with Gasteiger partial charge in [-0.2, -0.15) is 0 Å². The Labute approximate surface area is 303 Å². The number of fused-ring (bicyclic) bond motifs is 18. The fourth-order valence-electron chi connectivity index (χ4n) is 9.20. The van der Waals surface area contributed by atoms with Crippen LogP contribution in [0.3, 0.4) is 0 Å². The highest BCUT2D eigenvalue weighted by atomic mass is 32.1. The fourth-order valence-corrected chi connectivity index (χ4v) is 10.5. The van der Waals surface area contributed by atoms with E-state index in [1.165, 1.54) is 113 Å². The highest BCUT2D eigenvalue weighted by Gasteiger charge is 2.25. The first kappa shape index (κ1) is 28.2. The van der Waals surface area contributed by atoms with E-state index in [4.69, 9.17) is 0 Å². The Morgan fingerprint density at radius 2 is 0.923 bits per heavy atom. The maximum absolute atomic E-state index is 2.55. The zero-order chi connectivity index (χ0) is 33.9. The largest absolute Gasteiger partial charge is 0.308 e. The SMILES string of the molecule is c1cc(-c2cc3ccccc3c3ccccc23)cc(-n2c3ccccc3c3c4c5ccccc5c5ccccc5c4c4c5ccccc5sc4c32)c1. The molecular formula is C50H29NS. The zero-order valence-electron chi connectivity index (χ0n) is 28.1. The summed E-state index contributed by atoms with van der Waals surface area (Å²) in [6.07, 6.45) is 0. The van der Waals surface area contributed by atoms with Gasteiger partial charge in [0.25, 0.3) is 0 Å². The average Bonchev–Trinajstić information content (AvgIpc) is 3.77. The third kappa shape index (κ3) is 3.72. The van der Waals surface area contributed by atoms with Crippen molar-refractivity contribution in [2.75, 3.05) is 0 Å². The van der Waals surface area contributed by atoms with Gasteiger partial charge in [0.15, 0.2) is 0 Å². The predicted molar refractivity (Wildman–Crippen MR) is 227 cm³/mol. The molecule has 2 heterocycles. The monoisotopic (exact) mass is 675 g/mol. The zero-order valence-corrected chi connectivity index (χ0v) is 28.9. The Kier molecular flexibility index (Phi) is 5.71. The van der Waals surface area contributed by atoms with Crippen molar-refractivity contribution in [3.63, 3.8) is 0 Å². The molecule has 240 valence electrons. The lowest BCUT2D eigenvalue weighted by molar-refractivity contribution is 1.19. The van der Waals surface area contributed by atoms with Crippen LogP contribution in [0.2, 0.25) is 0 Å². The summed E-state index contributed by atoms with van der Waals surface area (Å²) in [4.78, 5) is 0. The molecule has 0 saturated carbocycles. The van der Waals surface area contributed by atoms with Crippen molar-refractivity contribution in [2.45, 2.75) is 0 Å². The van der Waals surface area contributed by atoms with Crippen LogP contribution >= 0.6 is 11.3 Å². The van der Waals surface area contributed by atoms with Crippen LogP contribution in [0.1, 0.15) is 0 Å². The lowest BCUT2D eigenvalue weighted by Gasteiger charge is -2.16. The van der Waals surface area contributed by atoms with Crippen molar-refractivity contribution < 1.29 is 0 Å². The average molecular weight is 676 g/mol. The van der Waals surface area contributed by atoms with E-state index in [0.29, 0.717) is 0 Å². The third-order valence-corrected chi connectivity index (χ3v) is 12.5. The second-order valence-electron chi connectivity index (χ2n) is 14.0. The van der Waals surface area contributed by atoms with Gasteiger partial charge in [0.1, 0.15) is 0 Å². The molecule has 0 fully saturated rings. The molecule has 0 aliphatic carbocycles.